The number of nitrogens with zero attached hydrogens (tertiary/aromatic N) is 1. The van der Waals surface area contributed by atoms with E-state index in [-0.39, 0.29) is 11.2 Å². The Morgan fingerprint density at radius 2 is 1.76 bits per heavy atom. The van der Waals surface area contributed by atoms with Crippen LogP contribution < -0.4 is 5.32 Å². The highest BCUT2D eigenvalue weighted by Crippen LogP contribution is 2.26. The summed E-state index contributed by atoms with van der Waals surface area (Å²) in [5, 5.41) is 3.45. The maximum absolute atomic E-state index is 12.2. The van der Waals surface area contributed by atoms with E-state index < -0.39 is 0 Å². The molecule has 1 aliphatic heterocycles. The van der Waals surface area contributed by atoms with Crippen LogP contribution in [0.15, 0.2) is 58.0 Å². The number of carbonyl (C=O) groups excluding carboxylic acids is 1. The van der Waals surface area contributed by atoms with Crippen LogP contribution in [0, 0.1) is 0 Å². The van der Waals surface area contributed by atoms with E-state index in [0.717, 1.165) is 23.0 Å². The van der Waals surface area contributed by atoms with Gasteiger partial charge in [-0.1, -0.05) is 65.3 Å². The second-order valence-electron chi connectivity index (χ2n) is 6.11. The molecule has 0 radical (unpaired) electrons. The van der Waals surface area contributed by atoms with Crippen LogP contribution in [-0.2, 0) is 17.6 Å². The minimum absolute atomic E-state index is 0.0379. The van der Waals surface area contributed by atoms with Gasteiger partial charge in [-0.05, 0) is 54.7 Å². The van der Waals surface area contributed by atoms with E-state index in [9.17, 15) is 4.79 Å². The van der Waals surface area contributed by atoms with E-state index in [1.165, 1.54) is 35.7 Å². The van der Waals surface area contributed by atoms with E-state index in [1.54, 1.807) is 0 Å². The van der Waals surface area contributed by atoms with Gasteiger partial charge in [0.25, 0.3) is 0 Å². The highest BCUT2D eigenvalue weighted by molar-refractivity contribution is 9.10. The summed E-state index contributed by atoms with van der Waals surface area (Å²) in [6, 6.07) is 16.4. The van der Waals surface area contributed by atoms with Gasteiger partial charge in [-0.2, -0.15) is 0 Å². The molecule has 25 heavy (non-hydrogen) atoms. The van der Waals surface area contributed by atoms with Crippen LogP contribution in [0.5, 0.6) is 0 Å². The Bertz CT molecular complexity index is 756. The molecule has 0 aliphatic carbocycles. The lowest BCUT2D eigenvalue weighted by Crippen LogP contribution is -2.25. The summed E-state index contributed by atoms with van der Waals surface area (Å²) in [6.45, 7) is 2.21. The molecule has 2 aromatic carbocycles. The Morgan fingerprint density at radius 3 is 2.44 bits per heavy atom. The van der Waals surface area contributed by atoms with Crippen molar-refractivity contribution in [3.8, 4) is 0 Å². The van der Waals surface area contributed by atoms with Crippen LogP contribution in [0.3, 0.4) is 0 Å². The third-order valence-electron chi connectivity index (χ3n) is 4.10. The molecule has 0 bridgehead atoms. The fourth-order valence-corrected chi connectivity index (χ4v) is 3.96. The van der Waals surface area contributed by atoms with Crippen LogP contribution in [-0.4, -0.2) is 16.3 Å². The highest BCUT2D eigenvalue weighted by Gasteiger charge is 2.30. The Balaban J connectivity index is 1.62. The van der Waals surface area contributed by atoms with Crippen molar-refractivity contribution in [1.82, 2.24) is 5.32 Å². The molecule has 2 aromatic rings. The lowest BCUT2D eigenvalue weighted by molar-refractivity contribution is -0.118. The molecular weight excluding hydrogens is 396 g/mol. The average molecular weight is 417 g/mol. The van der Waals surface area contributed by atoms with Crippen LogP contribution in [0.1, 0.15) is 30.9 Å². The molecular formula is C20H21BrN2OS. The topological polar surface area (TPSA) is 41.5 Å². The largest absolute Gasteiger partial charge is 0.304 e. The zero-order valence-electron chi connectivity index (χ0n) is 14.2. The normalized spacial score (nSPS) is 18.6. The molecule has 0 saturated carbocycles. The smallest absolute Gasteiger partial charge is 0.239 e. The summed E-state index contributed by atoms with van der Waals surface area (Å²) in [4.78, 5) is 16.7. The number of aliphatic imine (C=N–C) groups is 1. The van der Waals surface area contributed by atoms with Gasteiger partial charge in [0.1, 0.15) is 0 Å². The van der Waals surface area contributed by atoms with Crippen LogP contribution in [0.2, 0.25) is 0 Å². The second kappa shape index (κ2) is 8.68. The maximum atomic E-state index is 12.2. The second-order valence-corrected chi connectivity index (χ2v) is 8.22. The zero-order chi connectivity index (χ0) is 17.6. The summed E-state index contributed by atoms with van der Waals surface area (Å²) < 4.78 is 1.01. The minimum atomic E-state index is -0.115. The summed E-state index contributed by atoms with van der Waals surface area (Å²) in [7, 11) is 0. The number of hydrogen-bond acceptors (Lipinski definition) is 3. The van der Waals surface area contributed by atoms with Gasteiger partial charge in [-0.3, -0.25) is 4.79 Å². The predicted octanol–water partition coefficient (Wildman–Crippen LogP) is 5.25. The first kappa shape index (κ1) is 18.2. The number of nitrogens with one attached hydrogen (secondary N) is 1. The first-order valence-corrected chi connectivity index (χ1v) is 10.2. The molecule has 3 rings (SSSR count). The van der Waals surface area contributed by atoms with Crippen LogP contribution >= 0.6 is 27.7 Å². The molecule has 0 aromatic heterocycles. The lowest BCUT2D eigenvalue weighted by Gasteiger charge is -2.07. The number of unbranched alkanes of at least 4 members (excludes halogenated alkanes) is 1. The predicted molar refractivity (Wildman–Crippen MR) is 110 cm³/mol. The summed E-state index contributed by atoms with van der Waals surface area (Å²) in [6.07, 6.45) is 4.28. The maximum Gasteiger partial charge on any atom is 0.239 e. The number of halogens is 1. The zero-order valence-corrected chi connectivity index (χ0v) is 16.6. The van der Waals surface area contributed by atoms with E-state index in [2.05, 4.69) is 57.4 Å². The van der Waals surface area contributed by atoms with E-state index in [0.29, 0.717) is 5.17 Å². The summed E-state index contributed by atoms with van der Waals surface area (Å²) in [5.74, 6) is 0.0379. The lowest BCUT2D eigenvalue weighted by atomic mass is 10.0. The van der Waals surface area contributed by atoms with Crippen molar-refractivity contribution in [2.45, 2.75) is 37.9 Å². The fraction of sp³-hybridized carbons (Fsp3) is 0.300. The minimum Gasteiger partial charge on any atom is -0.304 e. The number of benzene rings is 2. The number of rotatable bonds is 6. The Hall–Kier alpha value is -1.59. The molecule has 1 N–H and O–H groups in total. The van der Waals surface area contributed by atoms with Crippen molar-refractivity contribution >= 4 is 44.5 Å². The van der Waals surface area contributed by atoms with Gasteiger partial charge >= 0.3 is 0 Å². The molecule has 0 spiro atoms. The summed E-state index contributed by atoms with van der Waals surface area (Å²) in [5.41, 5.74) is 3.40. The van der Waals surface area contributed by atoms with Crippen molar-refractivity contribution in [1.29, 1.82) is 0 Å². The molecule has 1 saturated heterocycles. The van der Waals surface area contributed by atoms with Crippen molar-refractivity contribution < 1.29 is 4.79 Å². The van der Waals surface area contributed by atoms with Crippen LogP contribution in [0.4, 0.5) is 5.69 Å². The molecule has 3 nitrogen and oxygen atoms in total. The number of hydrogen-bond donors (Lipinski definition) is 1. The van der Waals surface area contributed by atoms with Crippen molar-refractivity contribution in [2.24, 2.45) is 4.99 Å². The van der Waals surface area contributed by atoms with Gasteiger partial charge < -0.3 is 5.32 Å². The monoisotopic (exact) mass is 416 g/mol. The fourth-order valence-electron chi connectivity index (χ4n) is 2.66. The molecule has 1 atom stereocenters. The van der Waals surface area contributed by atoms with Gasteiger partial charge in [0.15, 0.2) is 5.17 Å². The molecule has 1 unspecified atom stereocenters. The van der Waals surface area contributed by atoms with Gasteiger partial charge in [-0.25, -0.2) is 4.99 Å². The van der Waals surface area contributed by atoms with Crippen LogP contribution in [0.25, 0.3) is 0 Å². The molecule has 1 fully saturated rings. The van der Waals surface area contributed by atoms with Gasteiger partial charge in [-0.15, -0.1) is 0 Å². The first-order valence-electron chi connectivity index (χ1n) is 8.53. The number of carbonyl (C=O) groups is 1. The molecule has 130 valence electrons. The highest BCUT2D eigenvalue weighted by atomic mass is 79.9. The van der Waals surface area contributed by atoms with Crippen molar-refractivity contribution in [2.75, 3.05) is 0 Å². The van der Waals surface area contributed by atoms with E-state index in [1.807, 2.05) is 24.3 Å². The van der Waals surface area contributed by atoms with Gasteiger partial charge in [0.05, 0.1) is 10.9 Å². The Kier molecular flexibility index (Phi) is 6.32. The van der Waals surface area contributed by atoms with Crippen molar-refractivity contribution in [3.63, 3.8) is 0 Å². The molecule has 1 heterocycles. The third-order valence-corrected chi connectivity index (χ3v) is 5.71. The first-order chi connectivity index (χ1) is 12.1. The standard InChI is InChI=1S/C20H21BrN2OS/c1-2-3-4-14-5-7-15(8-6-14)13-18-19(24)23-20(25-18)22-17-11-9-16(21)10-12-17/h5-12,18H,2-4,13H2,1H3,(H,22,23,24). The Labute approximate surface area is 161 Å². The molecule has 5 heteroatoms. The Morgan fingerprint density at radius 1 is 1.08 bits per heavy atom. The number of thioether (sulfide) groups is 1. The van der Waals surface area contributed by atoms with Gasteiger partial charge in [0, 0.05) is 4.47 Å². The number of amides is 1. The van der Waals surface area contributed by atoms with E-state index in [4.69, 9.17) is 0 Å². The number of aryl methyl sites for hydroxylation is 1. The van der Waals surface area contributed by atoms with Crippen molar-refractivity contribution in [3.05, 3.63) is 64.1 Å². The summed E-state index contributed by atoms with van der Waals surface area (Å²) >= 11 is 4.92. The molecule has 1 amide bonds. The quantitative estimate of drug-likeness (QED) is 0.697. The molecule has 1 aliphatic rings. The average Bonchev–Trinajstić information content (AvgIpc) is 2.95. The SMILES string of the molecule is CCCCc1ccc(CC2SC(=Nc3ccc(Br)cc3)NC2=O)cc1. The van der Waals surface area contributed by atoms with Gasteiger partial charge in [0.2, 0.25) is 5.91 Å². The van der Waals surface area contributed by atoms with E-state index >= 15 is 0 Å². The third kappa shape index (κ3) is 5.19. The number of amidine groups is 1.